The zero-order valence-electron chi connectivity index (χ0n) is 13.5. The van der Waals surface area contributed by atoms with Crippen LogP contribution in [0.5, 0.6) is 0 Å². The number of aromatic nitrogens is 5. The first kappa shape index (κ1) is 15.1. The van der Waals surface area contributed by atoms with E-state index >= 15 is 0 Å². The minimum atomic E-state index is 0.527. The molecule has 0 aliphatic rings. The lowest BCUT2D eigenvalue weighted by Crippen LogP contribution is -2.08. The third kappa shape index (κ3) is 3.55. The number of rotatable bonds is 6. The molecule has 3 aromatic heterocycles. The van der Waals surface area contributed by atoms with Crippen molar-refractivity contribution in [1.29, 1.82) is 0 Å². The topological polar surface area (TPSA) is 91.4 Å². The highest BCUT2D eigenvalue weighted by atomic mass is 15.2. The summed E-state index contributed by atoms with van der Waals surface area (Å²) in [5, 5.41) is 6.58. The number of H-pyrrole nitrogens is 1. The summed E-state index contributed by atoms with van der Waals surface area (Å²) < 4.78 is 0. The molecule has 0 saturated heterocycles. The van der Waals surface area contributed by atoms with E-state index in [-0.39, 0.29) is 0 Å². The summed E-state index contributed by atoms with van der Waals surface area (Å²) in [6, 6.07) is 14.1. The molecule has 7 nitrogen and oxygen atoms in total. The highest BCUT2D eigenvalue weighted by molar-refractivity contribution is 5.83. The molecular weight excluding hydrogens is 314 g/mol. The monoisotopic (exact) mass is 331 g/mol. The number of benzene rings is 1. The second-order valence-electron chi connectivity index (χ2n) is 5.55. The molecule has 7 heteroatoms. The molecule has 0 fully saturated rings. The lowest BCUT2D eigenvalue weighted by molar-refractivity contribution is 1.04. The van der Waals surface area contributed by atoms with Gasteiger partial charge in [-0.25, -0.2) is 4.98 Å². The van der Waals surface area contributed by atoms with Crippen LogP contribution in [0.4, 0.5) is 11.8 Å². The van der Waals surface area contributed by atoms with E-state index in [0.29, 0.717) is 24.7 Å². The number of anilines is 2. The van der Waals surface area contributed by atoms with Gasteiger partial charge >= 0.3 is 0 Å². The number of nitrogens with one attached hydrogen (secondary N) is 3. The molecule has 0 bridgehead atoms. The Morgan fingerprint density at radius 1 is 0.880 bits per heavy atom. The summed E-state index contributed by atoms with van der Waals surface area (Å²) in [5.74, 6) is 1.25. The molecule has 0 aliphatic carbocycles. The average Bonchev–Trinajstić information content (AvgIpc) is 3.15. The second-order valence-corrected chi connectivity index (χ2v) is 5.55. The Labute approximate surface area is 144 Å². The first-order valence-electron chi connectivity index (χ1n) is 8.00. The maximum absolute atomic E-state index is 4.58. The van der Waals surface area contributed by atoms with Gasteiger partial charge in [0.15, 0.2) is 11.5 Å². The quantitative estimate of drug-likeness (QED) is 0.503. The van der Waals surface area contributed by atoms with Crippen LogP contribution in [-0.4, -0.2) is 24.9 Å². The van der Waals surface area contributed by atoms with Gasteiger partial charge in [0.05, 0.1) is 6.33 Å². The van der Waals surface area contributed by atoms with E-state index in [1.165, 1.54) is 5.56 Å². The number of fused-ring (bicyclic) bond motifs is 1. The van der Waals surface area contributed by atoms with E-state index in [1.807, 2.05) is 36.5 Å². The number of hydrogen-bond donors (Lipinski definition) is 3. The predicted molar refractivity (Wildman–Crippen MR) is 97.0 cm³/mol. The molecule has 3 N–H and O–H groups in total. The number of imidazole rings is 1. The molecule has 0 amide bonds. The van der Waals surface area contributed by atoms with Crippen LogP contribution in [-0.2, 0) is 13.1 Å². The van der Waals surface area contributed by atoms with Crippen molar-refractivity contribution in [3.05, 3.63) is 72.3 Å². The van der Waals surface area contributed by atoms with E-state index in [4.69, 9.17) is 0 Å². The van der Waals surface area contributed by atoms with Crippen LogP contribution in [0.2, 0.25) is 0 Å². The largest absolute Gasteiger partial charge is 0.364 e. The fourth-order valence-electron chi connectivity index (χ4n) is 2.51. The van der Waals surface area contributed by atoms with Crippen molar-refractivity contribution in [2.75, 3.05) is 10.6 Å². The molecule has 25 heavy (non-hydrogen) atoms. The van der Waals surface area contributed by atoms with E-state index < -0.39 is 0 Å². The van der Waals surface area contributed by atoms with Crippen LogP contribution in [0.1, 0.15) is 11.1 Å². The zero-order chi connectivity index (χ0) is 16.9. The van der Waals surface area contributed by atoms with Crippen molar-refractivity contribution in [1.82, 2.24) is 24.9 Å². The van der Waals surface area contributed by atoms with E-state index in [9.17, 15) is 0 Å². The highest BCUT2D eigenvalue weighted by Gasteiger charge is 2.10. The lowest BCUT2D eigenvalue weighted by Gasteiger charge is -2.09. The smallest absolute Gasteiger partial charge is 0.227 e. The van der Waals surface area contributed by atoms with Gasteiger partial charge in [-0.05, 0) is 17.2 Å². The predicted octanol–water partition coefficient (Wildman–Crippen LogP) is 2.97. The van der Waals surface area contributed by atoms with Crippen LogP contribution in [0.15, 0.2) is 61.2 Å². The van der Waals surface area contributed by atoms with Crippen molar-refractivity contribution in [2.45, 2.75) is 13.1 Å². The Hall–Kier alpha value is -3.48. The maximum atomic E-state index is 4.58. The molecule has 4 aromatic rings. The Kier molecular flexibility index (Phi) is 4.20. The molecule has 0 radical (unpaired) electrons. The summed E-state index contributed by atoms with van der Waals surface area (Å²) >= 11 is 0. The van der Waals surface area contributed by atoms with Gasteiger partial charge in [-0.2, -0.15) is 9.97 Å². The van der Waals surface area contributed by atoms with Crippen LogP contribution in [0.25, 0.3) is 11.2 Å². The minimum absolute atomic E-state index is 0.527. The maximum Gasteiger partial charge on any atom is 0.227 e. The Morgan fingerprint density at radius 2 is 1.72 bits per heavy atom. The van der Waals surface area contributed by atoms with Crippen molar-refractivity contribution in [3.8, 4) is 0 Å². The molecule has 4 rings (SSSR count). The van der Waals surface area contributed by atoms with Crippen LogP contribution in [0, 0.1) is 0 Å². The molecule has 1 aromatic carbocycles. The summed E-state index contributed by atoms with van der Waals surface area (Å²) in [4.78, 5) is 20.5. The average molecular weight is 331 g/mol. The van der Waals surface area contributed by atoms with Crippen molar-refractivity contribution in [3.63, 3.8) is 0 Å². The third-order valence-electron chi connectivity index (χ3n) is 3.76. The number of aromatic amines is 1. The Bertz CT molecular complexity index is 951. The number of pyridine rings is 1. The molecule has 124 valence electrons. The van der Waals surface area contributed by atoms with Crippen molar-refractivity contribution < 1.29 is 0 Å². The molecular formula is C18H17N7. The normalized spacial score (nSPS) is 10.7. The SMILES string of the molecule is c1ccc(CNc2nc(NCc3cccnc3)nc3nc[nH]c23)cc1. The first-order valence-corrected chi connectivity index (χ1v) is 8.00. The van der Waals surface area contributed by atoms with Gasteiger partial charge in [0.1, 0.15) is 5.52 Å². The summed E-state index contributed by atoms with van der Waals surface area (Å²) in [6.07, 6.45) is 5.19. The van der Waals surface area contributed by atoms with E-state index in [2.05, 4.69) is 47.7 Å². The van der Waals surface area contributed by atoms with Crippen molar-refractivity contribution >= 4 is 22.9 Å². The molecule has 0 atom stereocenters. The summed E-state index contributed by atoms with van der Waals surface area (Å²) in [7, 11) is 0. The van der Waals surface area contributed by atoms with Gasteiger partial charge in [-0.3, -0.25) is 4.98 Å². The van der Waals surface area contributed by atoms with E-state index in [1.54, 1.807) is 12.5 Å². The van der Waals surface area contributed by atoms with Crippen LogP contribution < -0.4 is 10.6 Å². The van der Waals surface area contributed by atoms with Gasteiger partial charge in [-0.15, -0.1) is 0 Å². The molecule has 0 aliphatic heterocycles. The highest BCUT2D eigenvalue weighted by Crippen LogP contribution is 2.19. The molecule has 0 saturated carbocycles. The van der Waals surface area contributed by atoms with Gasteiger partial charge in [0.25, 0.3) is 0 Å². The fourth-order valence-corrected chi connectivity index (χ4v) is 2.51. The van der Waals surface area contributed by atoms with Gasteiger partial charge in [0.2, 0.25) is 5.95 Å². The summed E-state index contributed by atoms with van der Waals surface area (Å²) in [5.41, 5.74) is 3.66. The molecule has 3 heterocycles. The number of hydrogen-bond acceptors (Lipinski definition) is 6. The fraction of sp³-hybridized carbons (Fsp3) is 0.111. The third-order valence-corrected chi connectivity index (χ3v) is 3.76. The molecule has 0 unspecified atom stereocenters. The second kappa shape index (κ2) is 6.96. The van der Waals surface area contributed by atoms with Crippen LogP contribution in [0.3, 0.4) is 0 Å². The first-order chi connectivity index (χ1) is 12.4. The Morgan fingerprint density at radius 3 is 2.56 bits per heavy atom. The number of nitrogens with zero attached hydrogens (tertiary/aromatic N) is 4. The lowest BCUT2D eigenvalue weighted by atomic mass is 10.2. The summed E-state index contributed by atoms with van der Waals surface area (Å²) in [6.45, 7) is 1.27. The van der Waals surface area contributed by atoms with Gasteiger partial charge in [-0.1, -0.05) is 36.4 Å². The minimum Gasteiger partial charge on any atom is -0.364 e. The Balaban J connectivity index is 1.54. The molecule has 0 spiro atoms. The zero-order valence-corrected chi connectivity index (χ0v) is 13.5. The van der Waals surface area contributed by atoms with Gasteiger partial charge in [0, 0.05) is 25.5 Å². The van der Waals surface area contributed by atoms with Gasteiger partial charge < -0.3 is 15.6 Å². The standard InChI is InChI=1S/C18H17N7/c1-2-5-13(6-3-1)10-20-16-15-17(23-12-22-15)25-18(24-16)21-11-14-7-4-8-19-9-14/h1-9,12H,10-11H2,(H3,20,21,22,23,24,25). The van der Waals surface area contributed by atoms with Crippen molar-refractivity contribution in [2.24, 2.45) is 0 Å². The van der Waals surface area contributed by atoms with E-state index in [0.717, 1.165) is 16.9 Å². The van der Waals surface area contributed by atoms with Crippen LogP contribution >= 0.6 is 0 Å².